The van der Waals surface area contributed by atoms with E-state index in [1.807, 2.05) is 17.7 Å². The van der Waals surface area contributed by atoms with Crippen molar-refractivity contribution >= 4 is 39.0 Å². The number of thiophene rings is 1. The van der Waals surface area contributed by atoms with E-state index in [4.69, 9.17) is 0 Å². The zero-order valence-electron chi connectivity index (χ0n) is 13.0. The Balaban J connectivity index is 1.77. The average Bonchev–Trinajstić information content (AvgIpc) is 3.07. The van der Waals surface area contributed by atoms with Crippen LogP contribution in [0.15, 0.2) is 11.5 Å². The van der Waals surface area contributed by atoms with Gasteiger partial charge < -0.3 is 0 Å². The first kappa shape index (κ1) is 14.5. The van der Waals surface area contributed by atoms with Gasteiger partial charge in [0.2, 0.25) is 0 Å². The molecule has 0 fully saturated rings. The zero-order chi connectivity index (χ0) is 15.1. The standard InChI is InChI=1S/C16H20N4S2/c1-10(2)7-8-21-16-19-18-14-13-11-5-3-4-6-12(11)22-15(13)17-9-20(14)16/h9-10H,3-8H2,1-2H3. The Kier molecular flexibility index (Phi) is 3.82. The van der Waals surface area contributed by atoms with Gasteiger partial charge in [0, 0.05) is 10.6 Å². The molecule has 0 atom stereocenters. The molecule has 0 N–H and O–H groups in total. The van der Waals surface area contributed by atoms with E-state index >= 15 is 0 Å². The lowest BCUT2D eigenvalue weighted by molar-refractivity contribution is 0.631. The fourth-order valence-corrected chi connectivity index (χ4v) is 5.39. The van der Waals surface area contributed by atoms with Gasteiger partial charge in [-0.05, 0) is 43.6 Å². The molecule has 1 aliphatic carbocycles. The van der Waals surface area contributed by atoms with Crippen molar-refractivity contribution in [3.8, 4) is 0 Å². The van der Waals surface area contributed by atoms with E-state index in [-0.39, 0.29) is 0 Å². The maximum Gasteiger partial charge on any atom is 0.196 e. The van der Waals surface area contributed by atoms with Crippen molar-refractivity contribution < 1.29 is 0 Å². The van der Waals surface area contributed by atoms with Crippen LogP contribution in [0.25, 0.3) is 15.9 Å². The third-order valence-corrected chi connectivity index (χ3v) is 6.43. The number of aryl methyl sites for hydroxylation is 2. The van der Waals surface area contributed by atoms with E-state index in [2.05, 4.69) is 33.4 Å². The molecule has 3 aromatic heterocycles. The van der Waals surface area contributed by atoms with E-state index < -0.39 is 0 Å². The predicted molar refractivity (Wildman–Crippen MR) is 93.0 cm³/mol. The van der Waals surface area contributed by atoms with Crippen molar-refractivity contribution in [2.75, 3.05) is 5.75 Å². The normalized spacial score (nSPS) is 15.0. The number of aromatic nitrogens is 4. The van der Waals surface area contributed by atoms with Gasteiger partial charge >= 0.3 is 0 Å². The largest absolute Gasteiger partial charge is 0.260 e. The van der Waals surface area contributed by atoms with Gasteiger partial charge in [-0.15, -0.1) is 21.5 Å². The van der Waals surface area contributed by atoms with E-state index in [9.17, 15) is 0 Å². The summed E-state index contributed by atoms with van der Waals surface area (Å²) < 4.78 is 2.08. The first-order valence-electron chi connectivity index (χ1n) is 8.01. The maximum absolute atomic E-state index is 4.68. The number of hydrogen-bond donors (Lipinski definition) is 0. The minimum absolute atomic E-state index is 0.723. The van der Waals surface area contributed by atoms with Crippen LogP contribution in [0.2, 0.25) is 0 Å². The molecular formula is C16H20N4S2. The molecule has 0 aliphatic heterocycles. The number of nitrogens with zero attached hydrogens (tertiary/aromatic N) is 4. The highest BCUT2D eigenvalue weighted by Crippen LogP contribution is 2.37. The van der Waals surface area contributed by atoms with Gasteiger partial charge in [-0.3, -0.25) is 4.40 Å². The van der Waals surface area contributed by atoms with Crippen LogP contribution in [0, 0.1) is 5.92 Å². The van der Waals surface area contributed by atoms with Gasteiger partial charge in [-0.25, -0.2) is 4.98 Å². The fraction of sp³-hybridized carbons (Fsp3) is 0.562. The van der Waals surface area contributed by atoms with E-state index in [1.54, 1.807) is 11.8 Å². The fourth-order valence-electron chi connectivity index (χ4n) is 3.02. The maximum atomic E-state index is 4.68. The van der Waals surface area contributed by atoms with Crippen LogP contribution in [0.5, 0.6) is 0 Å². The summed E-state index contributed by atoms with van der Waals surface area (Å²) in [5.74, 6) is 1.80. The Hall–Kier alpha value is -1.14. The van der Waals surface area contributed by atoms with Gasteiger partial charge in [0.1, 0.15) is 11.2 Å². The Bertz CT molecular complexity index is 818. The number of rotatable bonds is 4. The lowest BCUT2D eigenvalue weighted by Gasteiger charge is -2.10. The summed E-state index contributed by atoms with van der Waals surface area (Å²) in [5.41, 5.74) is 2.48. The van der Waals surface area contributed by atoms with Gasteiger partial charge in [0.25, 0.3) is 0 Å². The van der Waals surface area contributed by atoms with E-state index in [0.29, 0.717) is 0 Å². The van der Waals surface area contributed by atoms with Crippen molar-refractivity contribution in [1.82, 2.24) is 19.6 Å². The average molecular weight is 332 g/mol. The van der Waals surface area contributed by atoms with Crippen LogP contribution in [0.4, 0.5) is 0 Å². The molecule has 3 heterocycles. The van der Waals surface area contributed by atoms with Crippen molar-refractivity contribution in [3.05, 3.63) is 16.8 Å². The van der Waals surface area contributed by atoms with E-state index in [0.717, 1.165) is 27.3 Å². The SMILES string of the molecule is CC(C)CCSc1nnc2c3c4c(sc3ncn12)CCCC4. The summed E-state index contributed by atoms with van der Waals surface area (Å²) in [6.45, 7) is 4.51. The Morgan fingerprint density at radius 3 is 3.00 bits per heavy atom. The molecule has 0 spiro atoms. The predicted octanol–water partition coefficient (Wildman–Crippen LogP) is 4.36. The number of fused-ring (bicyclic) bond motifs is 5. The molecule has 22 heavy (non-hydrogen) atoms. The third-order valence-electron chi connectivity index (χ3n) is 4.26. The smallest absolute Gasteiger partial charge is 0.196 e. The van der Waals surface area contributed by atoms with Crippen molar-refractivity contribution in [1.29, 1.82) is 0 Å². The Labute approximate surface area is 138 Å². The molecule has 0 unspecified atom stereocenters. The third kappa shape index (κ3) is 2.42. The van der Waals surface area contributed by atoms with Crippen LogP contribution in [-0.4, -0.2) is 25.3 Å². The highest BCUT2D eigenvalue weighted by Gasteiger charge is 2.21. The summed E-state index contributed by atoms with van der Waals surface area (Å²) >= 11 is 3.63. The van der Waals surface area contributed by atoms with Gasteiger partial charge in [0.05, 0.1) is 5.39 Å². The quantitative estimate of drug-likeness (QED) is 0.666. The summed E-state index contributed by atoms with van der Waals surface area (Å²) in [4.78, 5) is 7.32. The van der Waals surface area contributed by atoms with Crippen LogP contribution >= 0.6 is 23.1 Å². The summed E-state index contributed by atoms with van der Waals surface area (Å²) in [5, 5.41) is 11.1. The molecule has 0 amide bonds. The molecule has 116 valence electrons. The lowest BCUT2D eigenvalue weighted by atomic mass is 9.97. The Morgan fingerprint density at radius 2 is 2.14 bits per heavy atom. The van der Waals surface area contributed by atoms with Gasteiger partial charge in [-0.2, -0.15) is 0 Å². The summed E-state index contributed by atoms with van der Waals surface area (Å²) in [7, 11) is 0. The molecule has 0 radical (unpaired) electrons. The Morgan fingerprint density at radius 1 is 1.27 bits per heavy atom. The van der Waals surface area contributed by atoms with Gasteiger partial charge in [-0.1, -0.05) is 25.6 Å². The second-order valence-electron chi connectivity index (χ2n) is 6.34. The molecule has 1 aliphatic rings. The van der Waals surface area contributed by atoms with Crippen molar-refractivity contribution in [2.45, 2.75) is 51.1 Å². The van der Waals surface area contributed by atoms with Crippen LogP contribution in [0.3, 0.4) is 0 Å². The molecule has 0 saturated heterocycles. The monoisotopic (exact) mass is 332 g/mol. The van der Waals surface area contributed by atoms with Crippen LogP contribution in [0.1, 0.15) is 43.6 Å². The second-order valence-corrected chi connectivity index (χ2v) is 8.49. The molecule has 4 rings (SSSR count). The highest BCUT2D eigenvalue weighted by atomic mass is 32.2. The molecule has 0 saturated carbocycles. The minimum Gasteiger partial charge on any atom is -0.260 e. The summed E-state index contributed by atoms with van der Waals surface area (Å²) in [6, 6.07) is 0. The molecule has 0 aromatic carbocycles. The molecular weight excluding hydrogens is 312 g/mol. The van der Waals surface area contributed by atoms with Crippen LogP contribution < -0.4 is 0 Å². The number of hydrogen-bond acceptors (Lipinski definition) is 5. The molecule has 4 nitrogen and oxygen atoms in total. The van der Waals surface area contributed by atoms with Crippen molar-refractivity contribution in [3.63, 3.8) is 0 Å². The molecule has 0 bridgehead atoms. The molecule has 6 heteroatoms. The molecule has 3 aromatic rings. The van der Waals surface area contributed by atoms with Gasteiger partial charge in [0.15, 0.2) is 10.8 Å². The zero-order valence-corrected chi connectivity index (χ0v) is 14.6. The van der Waals surface area contributed by atoms with Crippen LogP contribution in [-0.2, 0) is 12.8 Å². The first-order chi connectivity index (χ1) is 10.7. The first-order valence-corrected chi connectivity index (χ1v) is 9.81. The summed E-state index contributed by atoms with van der Waals surface area (Å²) in [6.07, 6.45) is 8.05. The number of thioether (sulfide) groups is 1. The second kappa shape index (κ2) is 5.81. The topological polar surface area (TPSA) is 43.1 Å². The van der Waals surface area contributed by atoms with Crippen molar-refractivity contribution in [2.24, 2.45) is 5.92 Å². The lowest BCUT2D eigenvalue weighted by Crippen LogP contribution is -1.99. The highest BCUT2D eigenvalue weighted by molar-refractivity contribution is 7.99. The minimum atomic E-state index is 0.723. The van der Waals surface area contributed by atoms with E-state index in [1.165, 1.54) is 47.9 Å².